The smallest absolute Gasteiger partial charge is 0.248 e. The first-order valence-corrected chi connectivity index (χ1v) is 7.63. The highest BCUT2D eigenvalue weighted by Crippen LogP contribution is 2.41. The van der Waals surface area contributed by atoms with Crippen molar-refractivity contribution in [1.29, 1.82) is 0 Å². The van der Waals surface area contributed by atoms with Crippen molar-refractivity contribution in [3.8, 4) is 0 Å². The van der Waals surface area contributed by atoms with Crippen LogP contribution in [0.25, 0.3) is 0 Å². The lowest BCUT2D eigenvalue weighted by atomic mass is 9.86. The summed E-state index contributed by atoms with van der Waals surface area (Å²) in [4.78, 5) is 0. The van der Waals surface area contributed by atoms with Gasteiger partial charge in [-0.25, -0.2) is 8.78 Å². The van der Waals surface area contributed by atoms with Gasteiger partial charge < -0.3 is 5.32 Å². The summed E-state index contributed by atoms with van der Waals surface area (Å²) >= 11 is 0. The summed E-state index contributed by atoms with van der Waals surface area (Å²) in [5, 5.41) is 3.51. The van der Waals surface area contributed by atoms with Gasteiger partial charge in [0.15, 0.2) is 0 Å². The molecule has 1 saturated carbocycles. The highest BCUT2D eigenvalue weighted by atomic mass is 19.3. The van der Waals surface area contributed by atoms with Crippen molar-refractivity contribution in [3.63, 3.8) is 0 Å². The van der Waals surface area contributed by atoms with Crippen LogP contribution >= 0.6 is 0 Å². The highest BCUT2D eigenvalue weighted by molar-refractivity contribution is 4.89. The Bertz CT molecular complexity index is 227. The number of hydrogen-bond acceptors (Lipinski definition) is 1. The third kappa shape index (κ3) is 4.83. The van der Waals surface area contributed by atoms with Crippen molar-refractivity contribution >= 4 is 0 Å². The lowest BCUT2D eigenvalue weighted by molar-refractivity contribution is 0.00281. The zero-order valence-electron chi connectivity index (χ0n) is 12.1. The molecule has 2 atom stereocenters. The van der Waals surface area contributed by atoms with Gasteiger partial charge in [0, 0.05) is 18.9 Å². The van der Waals surface area contributed by atoms with Gasteiger partial charge in [-0.15, -0.1) is 0 Å². The average Bonchev–Trinajstić information content (AvgIpc) is 2.70. The van der Waals surface area contributed by atoms with Gasteiger partial charge in [-0.3, -0.25) is 0 Å². The number of nitrogens with one attached hydrogen (secondary N) is 1. The van der Waals surface area contributed by atoms with Gasteiger partial charge >= 0.3 is 0 Å². The molecule has 0 saturated heterocycles. The maximum atomic E-state index is 13.4. The maximum Gasteiger partial charge on any atom is 0.248 e. The fourth-order valence-electron chi connectivity index (χ4n) is 3.08. The zero-order chi connectivity index (χ0) is 13.6. The van der Waals surface area contributed by atoms with Crippen LogP contribution in [0.4, 0.5) is 8.78 Å². The molecule has 2 unspecified atom stereocenters. The topological polar surface area (TPSA) is 12.0 Å². The minimum atomic E-state index is -2.41. The molecule has 1 rings (SSSR count). The summed E-state index contributed by atoms with van der Waals surface area (Å²) in [5.41, 5.74) is 0. The first kappa shape index (κ1) is 15.9. The largest absolute Gasteiger partial charge is 0.314 e. The summed E-state index contributed by atoms with van der Waals surface area (Å²) in [6.07, 6.45) is 5.32. The lowest BCUT2D eigenvalue weighted by Crippen LogP contribution is -2.38. The monoisotopic (exact) mass is 261 g/mol. The van der Waals surface area contributed by atoms with Crippen molar-refractivity contribution in [2.45, 2.75) is 77.7 Å². The molecule has 1 aliphatic rings. The van der Waals surface area contributed by atoms with Crippen LogP contribution in [0.2, 0.25) is 0 Å². The van der Waals surface area contributed by atoms with E-state index in [1.54, 1.807) is 0 Å². The Kier molecular flexibility index (Phi) is 6.54. The summed E-state index contributed by atoms with van der Waals surface area (Å²) in [6.45, 7) is 7.49. The van der Waals surface area contributed by atoms with Gasteiger partial charge in [0.05, 0.1) is 0 Å². The fraction of sp³-hybridized carbons (Fsp3) is 1.00. The van der Waals surface area contributed by atoms with Crippen LogP contribution in [-0.4, -0.2) is 18.5 Å². The van der Waals surface area contributed by atoms with E-state index in [9.17, 15) is 8.78 Å². The van der Waals surface area contributed by atoms with Crippen LogP contribution in [0, 0.1) is 11.8 Å². The van der Waals surface area contributed by atoms with E-state index < -0.39 is 5.92 Å². The molecule has 0 radical (unpaired) electrons. The number of alkyl halides is 2. The van der Waals surface area contributed by atoms with Gasteiger partial charge in [-0.1, -0.05) is 33.6 Å². The quantitative estimate of drug-likeness (QED) is 0.672. The van der Waals surface area contributed by atoms with Gasteiger partial charge in [0.25, 0.3) is 0 Å². The summed E-state index contributed by atoms with van der Waals surface area (Å²) in [6, 6.07) is 0.295. The van der Waals surface area contributed by atoms with Gasteiger partial charge in [-0.05, 0) is 37.6 Å². The van der Waals surface area contributed by atoms with Crippen molar-refractivity contribution in [3.05, 3.63) is 0 Å². The molecule has 1 nitrogen and oxygen atoms in total. The second-order valence-corrected chi connectivity index (χ2v) is 5.84. The molecule has 1 fully saturated rings. The molecule has 0 aliphatic heterocycles. The van der Waals surface area contributed by atoms with Crippen LogP contribution < -0.4 is 5.32 Å². The van der Waals surface area contributed by atoms with E-state index in [4.69, 9.17) is 0 Å². The van der Waals surface area contributed by atoms with Crippen LogP contribution in [0.15, 0.2) is 0 Å². The SMILES string of the molecule is CCCNC(CC(CC)CC)C1CCC(F)(F)C1. The first-order valence-electron chi connectivity index (χ1n) is 7.63. The number of halogens is 2. The second-order valence-electron chi connectivity index (χ2n) is 5.84. The van der Waals surface area contributed by atoms with Crippen LogP contribution in [0.5, 0.6) is 0 Å². The molecule has 0 aromatic carbocycles. The van der Waals surface area contributed by atoms with E-state index in [0.29, 0.717) is 18.4 Å². The third-order valence-electron chi connectivity index (χ3n) is 4.41. The Hall–Kier alpha value is -0.180. The predicted molar refractivity (Wildman–Crippen MR) is 73.1 cm³/mol. The molecule has 0 aromatic heterocycles. The highest BCUT2D eigenvalue weighted by Gasteiger charge is 2.42. The van der Waals surface area contributed by atoms with Crippen LogP contribution in [0.3, 0.4) is 0 Å². The summed E-state index contributed by atoms with van der Waals surface area (Å²) < 4.78 is 26.7. The fourth-order valence-corrected chi connectivity index (χ4v) is 3.08. The molecular weight excluding hydrogens is 232 g/mol. The molecule has 0 bridgehead atoms. The molecule has 108 valence electrons. The van der Waals surface area contributed by atoms with Crippen molar-refractivity contribution in [2.75, 3.05) is 6.54 Å². The van der Waals surface area contributed by atoms with E-state index >= 15 is 0 Å². The van der Waals surface area contributed by atoms with Crippen molar-refractivity contribution < 1.29 is 8.78 Å². The molecule has 0 spiro atoms. The Morgan fingerprint density at radius 1 is 1.22 bits per heavy atom. The normalized spacial score (nSPS) is 24.7. The summed E-state index contributed by atoms with van der Waals surface area (Å²) in [5.74, 6) is -1.56. The molecule has 0 aromatic rings. The van der Waals surface area contributed by atoms with E-state index in [-0.39, 0.29) is 18.8 Å². The average molecular weight is 261 g/mol. The van der Waals surface area contributed by atoms with Gasteiger partial charge in [0.1, 0.15) is 0 Å². The predicted octanol–water partition coefficient (Wildman–Crippen LogP) is 4.62. The minimum Gasteiger partial charge on any atom is -0.314 e. The van der Waals surface area contributed by atoms with E-state index in [0.717, 1.165) is 32.2 Å². The van der Waals surface area contributed by atoms with E-state index in [1.165, 1.54) is 0 Å². The van der Waals surface area contributed by atoms with Crippen molar-refractivity contribution in [2.24, 2.45) is 11.8 Å². The van der Waals surface area contributed by atoms with Crippen LogP contribution in [0.1, 0.15) is 65.7 Å². The maximum absolute atomic E-state index is 13.4. The standard InChI is InChI=1S/C15H29F2N/c1-4-9-18-14(10-12(5-2)6-3)13-7-8-15(16,17)11-13/h12-14,18H,4-11H2,1-3H3. The Labute approximate surface area is 111 Å². The zero-order valence-corrected chi connectivity index (χ0v) is 12.1. The number of hydrogen-bond donors (Lipinski definition) is 1. The molecule has 18 heavy (non-hydrogen) atoms. The first-order chi connectivity index (χ1) is 8.52. The van der Waals surface area contributed by atoms with Gasteiger partial charge in [-0.2, -0.15) is 0 Å². The molecule has 1 aliphatic carbocycles. The Balaban J connectivity index is 2.54. The van der Waals surface area contributed by atoms with Gasteiger partial charge in [0.2, 0.25) is 5.92 Å². The Morgan fingerprint density at radius 3 is 2.33 bits per heavy atom. The molecular formula is C15H29F2N. The minimum absolute atomic E-state index is 0.0882. The summed E-state index contributed by atoms with van der Waals surface area (Å²) in [7, 11) is 0. The van der Waals surface area contributed by atoms with Crippen LogP contribution in [-0.2, 0) is 0 Å². The molecule has 0 amide bonds. The second kappa shape index (κ2) is 7.42. The van der Waals surface area contributed by atoms with Crippen molar-refractivity contribution in [1.82, 2.24) is 5.32 Å². The van der Waals surface area contributed by atoms with E-state index in [1.807, 2.05) is 0 Å². The third-order valence-corrected chi connectivity index (χ3v) is 4.41. The Morgan fingerprint density at radius 2 is 1.89 bits per heavy atom. The molecule has 1 N–H and O–H groups in total. The van der Waals surface area contributed by atoms with E-state index in [2.05, 4.69) is 26.1 Å². The lowest BCUT2D eigenvalue weighted by Gasteiger charge is -2.28. The molecule has 3 heteroatoms. The molecule has 0 heterocycles. The number of rotatable bonds is 8.